The highest BCUT2D eigenvalue weighted by molar-refractivity contribution is 5.12. The van der Waals surface area contributed by atoms with Gasteiger partial charge in [0.15, 0.2) is 0 Å². The van der Waals surface area contributed by atoms with E-state index in [-0.39, 0.29) is 0 Å². The van der Waals surface area contributed by atoms with E-state index in [0.29, 0.717) is 12.5 Å². The molecule has 0 saturated heterocycles. The molecule has 0 aliphatic rings. The van der Waals surface area contributed by atoms with E-state index >= 15 is 0 Å². The lowest BCUT2D eigenvalue weighted by atomic mass is 10.1. The van der Waals surface area contributed by atoms with Crippen molar-refractivity contribution in [2.75, 3.05) is 7.11 Å². The number of aryl methyl sites for hydroxylation is 1. The molecule has 0 aliphatic heterocycles. The number of aromatic nitrogens is 2. The largest absolute Gasteiger partial charge is 0.378 e. The molecule has 0 bridgehead atoms. The lowest BCUT2D eigenvalue weighted by Gasteiger charge is -1.97. The fourth-order valence-corrected chi connectivity index (χ4v) is 1.10. The van der Waals surface area contributed by atoms with E-state index in [1.807, 2.05) is 11.7 Å². The predicted molar refractivity (Wildman–Crippen MR) is 48.0 cm³/mol. The van der Waals surface area contributed by atoms with Crippen LogP contribution >= 0.6 is 0 Å². The van der Waals surface area contributed by atoms with Crippen LogP contribution in [-0.2, 0) is 18.4 Å². The van der Waals surface area contributed by atoms with Gasteiger partial charge in [-0.15, -0.1) is 0 Å². The molecule has 3 heteroatoms. The molecule has 1 aromatic rings. The Morgan fingerprint density at radius 1 is 1.58 bits per heavy atom. The van der Waals surface area contributed by atoms with Crippen LogP contribution in [0.1, 0.15) is 31.2 Å². The summed E-state index contributed by atoms with van der Waals surface area (Å²) in [5, 5.41) is 4.37. The van der Waals surface area contributed by atoms with Gasteiger partial charge in [0.25, 0.3) is 0 Å². The first-order chi connectivity index (χ1) is 5.65. The van der Waals surface area contributed by atoms with Gasteiger partial charge in [-0.2, -0.15) is 5.10 Å². The van der Waals surface area contributed by atoms with Gasteiger partial charge in [-0.3, -0.25) is 4.68 Å². The van der Waals surface area contributed by atoms with Crippen LogP contribution < -0.4 is 0 Å². The Bertz CT molecular complexity index is 253. The molecule has 0 aromatic carbocycles. The monoisotopic (exact) mass is 168 g/mol. The van der Waals surface area contributed by atoms with E-state index < -0.39 is 0 Å². The molecular weight excluding hydrogens is 152 g/mol. The van der Waals surface area contributed by atoms with Crippen LogP contribution in [0.15, 0.2) is 6.07 Å². The van der Waals surface area contributed by atoms with Crippen LogP contribution in [0.5, 0.6) is 0 Å². The molecule has 0 fully saturated rings. The van der Waals surface area contributed by atoms with Crippen LogP contribution in [0.3, 0.4) is 0 Å². The fourth-order valence-electron chi connectivity index (χ4n) is 1.10. The van der Waals surface area contributed by atoms with Crippen LogP contribution in [0.25, 0.3) is 0 Å². The molecule has 0 unspecified atom stereocenters. The number of nitrogens with zero attached hydrogens (tertiary/aromatic N) is 2. The summed E-state index contributed by atoms with van der Waals surface area (Å²) in [6.07, 6.45) is 0. The van der Waals surface area contributed by atoms with Crippen molar-refractivity contribution >= 4 is 0 Å². The predicted octanol–water partition coefficient (Wildman–Crippen LogP) is 1.69. The first kappa shape index (κ1) is 9.26. The second kappa shape index (κ2) is 3.72. The smallest absolute Gasteiger partial charge is 0.0880 e. The Balaban J connectivity index is 2.85. The van der Waals surface area contributed by atoms with E-state index in [1.165, 1.54) is 0 Å². The Morgan fingerprint density at radius 2 is 2.25 bits per heavy atom. The first-order valence-electron chi connectivity index (χ1n) is 4.17. The van der Waals surface area contributed by atoms with Crippen molar-refractivity contribution in [3.05, 3.63) is 17.5 Å². The third-order valence-electron chi connectivity index (χ3n) is 1.88. The van der Waals surface area contributed by atoms with Crippen LogP contribution in [0.2, 0.25) is 0 Å². The van der Waals surface area contributed by atoms with Crippen molar-refractivity contribution in [1.82, 2.24) is 9.78 Å². The maximum absolute atomic E-state index is 5.04. The molecule has 0 radical (unpaired) electrons. The molecule has 0 aliphatic carbocycles. The minimum atomic E-state index is 0.488. The lowest BCUT2D eigenvalue weighted by Crippen LogP contribution is -1.99. The maximum Gasteiger partial charge on any atom is 0.0880 e. The van der Waals surface area contributed by atoms with Crippen LogP contribution in [0.4, 0.5) is 0 Å². The molecule has 0 saturated carbocycles. The number of hydrogen-bond donors (Lipinski definition) is 0. The molecule has 0 amide bonds. The molecule has 3 nitrogen and oxygen atoms in total. The summed E-state index contributed by atoms with van der Waals surface area (Å²) in [5.41, 5.74) is 2.26. The average Bonchev–Trinajstić information content (AvgIpc) is 2.34. The lowest BCUT2D eigenvalue weighted by molar-refractivity contribution is 0.178. The molecule has 68 valence electrons. The summed E-state index contributed by atoms with van der Waals surface area (Å²) >= 11 is 0. The van der Waals surface area contributed by atoms with Gasteiger partial charge in [0.1, 0.15) is 0 Å². The van der Waals surface area contributed by atoms with E-state index in [9.17, 15) is 0 Å². The zero-order valence-corrected chi connectivity index (χ0v) is 8.16. The summed E-state index contributed by atoms with van der Waals surface area (Å²) in [6, 6.07) is 2.09. The van der Waals surface area contributed by atoms with Crippen molar-refractivity contribution in [2.24, 2.45) is 7.05 Å². The number of methoxy groups -OCH3 is 1. The number of ether oxygens (including phenoxy) is 1. The van der Waals surface area contributed by atoms with Crippen molar-refractivity contribution in [3.8, 4) is 0 Å². The summed E-state index contributed by atoms with van der Waals surface area (Å²) in [5.74, 6) is 0.488. The van der Waals surface area contributed by atoms with Crippen molar-refractivity contribution in [1.29, 1.82) is 0 Å². The molecule has 0 spiro atoms. The van der Waals surface area contributed by atoms with Gasteiger partial charge in [0.05, 0.1) is 18.0 Å². The van der Waals surface area contributed by atoms with Gasteiger partial charge in [-0.05, 0) is 12.0 Å². The van der Waals surface area contributed by atoms with Crippen molar-refractivity contribution in [3.63, 3.8) is 0 Å². The van der Waals surface area contributed by atoms with Crippen LogP contribution in [0, 0.1) is 0 Å². The first-order valence-corrected chi connectivity index (χ1v) is 4.17. The highest BCUT2D eigenvalue weighted by Gasteiger charge is 2.06. The van der Waals surface area contributed by atoms with Gasteiger partial charge in [0.2, 0.25) is 0 Å². The average molecular weight is 168 g/mol. The van der Waals surface area contributed by atoms with Crippen molar-refractivity contribution in [2.45, 2.75) is 26.4 Å². The SMILES string of the molecule is COCc1cc(C(C)C)nn1C. The van der Waals surface area contributed by atoms with E-state index in [2.05, 4.69) is 25.0 Å². The Labute approximate surface area is 73.3 Å². The quantitative estimate of drug-likeness (QED) is 0.686. The fraction of sp³-hybridized carbons (Fsp3) is 0.667. The molecule has 1 rings (SSSR count). The summed E-state index contributed by atoms with van der Waals surface area (Å²) in [6.45, 7) is 4.91. The van der Waals surface area contributed by atoms with E-state index in [4.69, 9.17) is 4.74 Å². The second-order valence-electron chi connectivity index (χ2n) is 3.27. The standard InChI is InChI=1S/C9H16N2O/c1-7(2)9-5-8(6-12-4)11(3)10-9/h5,7H,6H2,1-4H3. The summed E-state index contributed by atoms with van der Waals surface area (Å²) in [4.78, 5) is 0. The highest BCUT2D eigenvalue weighted by atomic mass is 16.5. The van der Waals surface area contributed by atoms with Gasteiger partial charge in [-0.1, -0.05) is 13.8 Å². The van der Waals surface area contributed by atoms with E-state index in [0.717, 1.165) is 11.4 Å². The topological polar surface area (TPSA) is 27.1 Å². The van der Waals surface area contributed by atoms with E-state index in [1.54, 1.807) is 7.11 Å². The molecule has 1 heterocycles. The molecular formula is C9H16N2O. The molecule has 1 aromatic heterocycles. The van der Waals surface area contributed by atoms with Gasteiger partial charge >= 0.3 is 0 Å². The highest BCUT2D eigenvalue weighted by Crippen LogP contribution is 2.13. The maximum atomic E-state index is 5.04. The van der Waals surface area contributed by atoms with Crippen LogP contribution in [-0.4, -0.2) is 16.9 Å². The molecule has 0 N–H and O–H groups in total. The third kappa shape index (κ3) is 1.85. The molecule has 12 heavy (non-hydrogen) atoms. The normalized spacial score (nSPS) is 11.1. The zero-order valence-electron chi connectivity index (χ0n) is 8.16. The minimum absolute atomic E-state index is 0.488. The Morgan fingerprint density at radius 3 is 2.67 bits per heavy atom. The number of rotatable bonds is 3. The number of hydrogen-bond acceptors (Lipinski definition) is 2. The Kier molecular flexibility index (Phi) is 2.87. The zero-order chi connectivity index (χ0) is 9.14. The molecule has 0 atom stereocenters. The third-order valence-corrected chi connectivity index (χ3v) is 1.88. The Hall–Kier alpha value is -0.830. The summed E-state index contributed by atoms with van der Waals surface area (Å²) < 4.78 is 6.91. The van der Waals surface area contributed by atoms with Gasteiger partial charge in [0, 0.05) is 14.2 Å². The summed E-state index contributed by atoms with van der Waals surface area (Å²) in [7, 11) is 3.64. The van der Waals surface area contributed by atoms with Gasteiger partial charge < -0.3 is 4.74 Å². The van der Waals surface area contributed by atoms with Crippen molar-refractivity contribution < 1.29 is 4.74 Å². The second-order valence-corrected chi connectivity index (χ2v) is 3.27. The minimum Gasteiger partial charge on any atom is -0.378 e. The van der Waals surface area contributed by atoms with Gasteiger partial charge in [-0.25, -0.2) is 0 Å².